The van der Waals surface area contributed by atoms with E-state index in [1.807, 2.05) is 16.0 Å². The average molecular weight is 611 g/mol. The Labute approximate surface area is 268 Å². The Hall–Kier alpha value is -3.94. The standard InChI is InChI=1S/C37H50N6O2/c1-6-18-42(35(44)20-25(2)3)24-34-39-30-17-14-28(22-31(30)40-34)10-7-9-27-12-15-29(16-13-27)32-23-38-37(41-32)33-11-8-19-43(33)36(45)21-26(4)5/h12-17,22-23,25-26,33H,6-11,18-21,24H2,1-5H3,(H,38,41)(H,39,40)/t33-/m0/s1. The molecule has 5 rings (SSSR count). The molecule has 2 aromatic carbocycles. The third kappa shape index (κ3) is 8.41. The van der Waals surface area contributed by atoms with Crippen molar-refractivity contribution >= 4 is 22.8 Å². The molecule has 2 N–H and O–H groups in total. The van der Waals surface area contributed by atoms with Gasteiger partial charge < -0.3 is 19.8 Å². The van der Waals surface area contributed by atoms with Crippen molar-refractivity contribution in [3.63, 3.8) is 0 Å². The van der Waals surface area contributed by atoms with Gasteiger partial charge in [0.05, 0.1) is 35.5 Å². The van der Waals surface area contributed by atoms with E-state index in [0.29, 0.717) is 31.2 Å². The molecule has 240 valence electrons. The van der Waals surface area contributed by atoms with E-state index in [1.165, 1.54) is 11.1 Å². The van der Waals surface area contributed by atoms with E-state index in [-0.39, 0.29) is 17.9 Å². The molecule has 2 aromatic heterocycles. The van der Waals surface area contributed by atoms with E-state index in [1.54, 1.807) is 0 Å². The SMILES string of the molecule is CCCN(Cc1nc2cc(CCCc3ccc(-c4cnc([C@@H]5CCCN5C(=O)CC(C)C)[nH]4)cc3)ccc2[nH]1)C(=O)CC(C)C. The van der Waals surface area contributed by atoms with Crippen molar-refractivity contribution in [3.8, 4) is 11.3 Å². The number of aromatic nitrogens is 4. The number of amides is 2. The van der Waals surface area contributed by atoms with Crippen LogP contribution in [0.1, 0.15) is 102 Å². The Bertz CT molecular complexity index is 1570. The van der Waals surface area contributed by atoms with Crippen molar-refractivity contribution in [1.82, 2.24) is 29.7 Å². The first kappa shape index (κ1) is 32.5. The normalized spacial score (nSPS) is 15.1. The van der Waals surface area contributed by atoms with Crippen LogP contribution in [0, 0.1) is 11.8 Å². The molecule has 0 bridgehead atoms. The molecular weight excluding hydrogens is 560 g/mol. The lowest BCUT2D eigenvalue weighted by Crippen LogP contribution is -2.32. The first-order chi connectivity index (χ1) is 21.7. The summed E-state index contributed by atoms with van der Waals surface area (Å²) in [6.45, 7) is 12.5. The van der Waals surface area contributed by atoms with Crippen molar-refractivity contribution in [3.05, 3.63) is 71.4 Å². The summed E-state index contributed by atoms with van der Waals surface area (Å²) in [6, 6.07) is 15.2. The molecule has 1 atom stereocenters. The Morgan fingerprint density at radius 1 is 0.978 bits per heavy atom. The van der Waals surface area contributed by atoms with Crippen molar-refractivity contribution in [2.45, 2.75) is 98.6 Å². The fourth-order valence-electron chi connectivity index (χ4n) is 6.37. The minimum absolute atomic E-state index is 0.0474. The highest BCUT2D eigenvalue weighted by Gasteiger charge is 2.32. The molecule has 2 amide bonds. The summed E-state index contributed by atoms with van der Waals surface area (Å²) in [5.74, 6) is 2.87. The number of nitrogens with one attached hydrogen (secondary N) is 2. The largest absolute Gasteiger partial charge is 0.340 e. The Morgan fingerprint density at radius 2 is 1.71 bits per heavy atom. The van der Waals surface area contributed by atoms with Gasteiger partial charge in [-0.3, -0.25) is 9.59 Å². The molecule has 1 saturated heterocycles. The summed E-state index contributed by atoms with van der Waals surface area (Å²) >= 11 is 0. The van der Waals surface area contributed by atoms with Crippen LogP contribution in [0.5, 0.6) is 0 Å². The number of aromatic amines is 2. The van der Waals surface area contributed by atoms with Crippen molar-refractivity contribution in [2.24, 2.45) is 11.8 Å². The minimum Gasteiger partial charge on any atom is -0.340 e. The molecule has 8 heteroatoms. The number of nitrogens with zero attached hydrogens (tertiary/aromatic N) is 4. The molecule has 0 unspecified atom stereocenters. The van der Waals surface area contributed by atoms with Crippen LogP contribution in [0.15, 0.2) is 48.7 Å². The second-order valence-corrected chi connectivity index (χ2v) is 13.5. The summed E-state index contributed by atoms with van der Waals surface area (Å²) in [5.41, 5.74) is 6.67. The van der Waals surface area contributed by atoms with E-state index in [2.05, 4.69) is 92.0 Å². The van der Waals surface area contributed by atoms with Gasteiger partial charge in [-0.1, -0.05) is 65.0 Å². The number of imidazole rings is 2. The number of rotatable bonds is 14. The number of carbonyl (C=O) groups excluding carboxylic acids is 2. The van der Waals surface area contributed by atoms with Crippen LogP contribution in [0.4, 0.5) is 0 Å². The van der Waals surface area contributed by atoms with Gasteiger partial charge in [-0.15, -0.1) is 0 Å². The van der Waals surface area contributed by atoms with Crippen molar-refractivity contribution in [1.29, 1.82) is 0 Å². The molecule has 1 aliphatic rings. The molecular formula is C37H50N6O2. The molecule has 0 saturated carbocycles. The number of likely N-dealkylation sites (tertiary alicyclic amines) is 1. The zero-order chi connectivity index (χ0) is 31.9. The number of hydrogen-bond acceptors (Lipinski definition) is 4. The molecule has 1 fully saturated rings. The predicted molar refractivity (Wildman–Crippen MR) is 180 cm³/mol. The Balaban J connectivity index is 1.14. The summed E-state index contributed by atoms with van der Waals surface area (Å²) in [4.78, 5) is 45.9. The smallest absolute Gasteiger partial charge is 0.223 e. The van der Waals surface area contributed by atoms with Gasteiger partial charge in [0.2, 0.25) is 11.8 Å². The lowest BCUT2D eigenvalue weighted by Gasteiger charge is -2.24. The fraction of sp³-hybridized carbons (Fsp3) is 0.514. The average Bonchev–Trinajstić information content (AvgIpc) is 3.76. The fourth-order valence-corrected chi connectivity index (χ4v) is 6.37. The van der Waals surface area contributed by atoms with E-state index < -0.39 is 0 Å². The van der Waals surface area contributed by atoms with Crippen LogP contribution in [0.2, 0.25) is 0 Å². The predicted octanol–water partition coefficient (Wildman–Crippen LogP) is 7.62. The maximum Gasteiger partial charge on any atom is 0.223 e. The molecule has 0 radical (unpaired) electrons. The minimum atomic E-state index is 0.0474. The summed E-state index contributed by atoms with van der Waals surface area (Å²) < 4.78 is 0. The lowest BCUT2D eigenvalue weighted by molar-refractivity contribution is -0.133. The maximum absolute atomic E-state index is 12.8. The van der Waals surface area contributed by atoms with Gasteiger partial charge in [-0.05, 0) is 79.2 Å². The monoisotopic (exact) mass is 610 g/mol. The quantitative estimate of drug-likeness (QED) is 0.153. The molecule has 45 heavy (non-hydrogen) atoms. The van der Waals surface area contributed by atoms with Crippen LogP contribution in [-0.4, -0.2) is 54.6 Å². The van der Waals surface area contributed by atoms with E-state index in [9.17, 15) is 9.59 Å². The Kier molecular flexibility index (Phi) is 10.7. The summed E-state index contributed by atoms with van der Waals surface area (Å²) in [6.07, 6.45) is 8.99. The van der Waals surface area contributed by atoms with E-state index >= 15 is 0 Å². The number of carbonyl (C=O) groups is 2. The zero-order valence-electron chi connectivity index (χ0n) is 27.7. The number of aryl methyl sites for hydroxylation is 2. The third-order valence-corrected chi connectivity index (χ3v) is 8.63. The van der Waals surface area contributed by atoms with Crippen LogP contribution in [-0.2, 0) is 29.0 Å². The molecule has 4 aromatic rings. The van der Waals surface area contributed by atoms with Gasteiger partial charge >= 0.3 is 0 Å². The number of fused-ring (bicyclic) bond motifs is 1. The first-order valence-electron chi connectivity index (χ1n) is 16.9. The molecule has 8 nitrogen and oxygen atoms in total. The number of hydrogen-bond donors (Lipinski definition) is 2. The third-order valence-electron chi connectivity index (χ3n) is 8.63. The Morgan fingerprint density at radius 3 is 2.44 bits per heavy atom. The van der Waals surface area contributed by atoms with Crippen LogP contribution in [0.25, 0.3) is 22.3 Å². The van der Waals surface area contributed by atoms with Gasteiger partial charge in [0, 0.05) is 25.9 Å². The van der Waals surface area contributed by atoms with Gasteiger partial charge in [-0.2, -0.15) is 0 Å². The van der Waals surface area contributed by atoms with E-state index in [4.69, 9.17) is 4.98 Å². The van der Waals surface area contributed by atoms with E-state index in [0.717, 1.165) is 85.6 Å². The van der Waals surface area contributed by atoms with Gasteiger partial charge in [0.25, 0.3) is 0 Å². The van der Waals surface area contributed by atoms with Gasteiger partial charge in [-0.25, -0.2) is 9.97 Å². The van der Waals surface area contributed by atoms with Gasteiger partial charge in [0.15, 0.2) is 0 Å². The molecule has 0 aliphatic carbocycles. The number of H-pyrrole nitrogens is 2. The van der Waals surface area contributed by atoms with Crippen LogP contribution >= 0.6 is 0 Å². The second kappa shape index (κ2) is 14.9. The highest BCUT2D eigenvalue weighted by Crippen LogP contribution is 2.32. The van der Waals surface area contributed by atoms with Crippen LogP contribution < -0.4 is 0 Å². The highest BCUT2D eigenvalue weighted by molar-refractivity contribution is 5.78. The summed E-state index contributed by atoms with van der Waals surface area (Å²) in [7, 11) is 0. The topological polar surface area (TPSA) is 98.0 Å². The molecule has 0 spiro atoms. The summed E-state index contributed by atoms with van der Waals surface area (Å²) in [5, 5.41) is 0. The second-order valence-electron chi connectivity index (χ2n) is 13.5. The van der Waals surface area contributed by atoms with Gasteiger partial charge in [0.1, 0.15) is 11.6 Å². The zero-order valence-corrected chi connectivity index (χ0v) is 27.7. The molecule has 3 heterocycles. The molecule has 1 aliphatic heterocycles. The van der Waals surface area contributed by atoms with Crippen molar-refractivity contribution in [2.75, 3.05) is 13.1 Å². The highest BCUT2D eigenvalue weighted by atomic mass is 16.2. The first-order valence-corrected chi connectivity index (χ1v) is 16.9. The van der Waals surface area contributed by atoms with Crippen molar-refractivity contribution < 1.29 is 9.59 Å². The van der Waals surface area contributed by atoms with Crippen LogP contribution in [0.3, 0.4) is 0 Å². The maximum atomic E-state index is 12.8. The lowest BCUT2D eigenvalue weighted by atomic mass is 10.0. The number of benzene rings is 2.